The molecule has 1 aromatic heterocycles. The summed E-state index contributed by atoms with van der Waals surface area (Å²) in [5.41, 5.74) is 4.95. The molecule has 0 saturated carbocycles. The van der Waals surface area contributed by atoms with Crippen molar-refractivity contribution in [1.82, 2.24) is 25.5 Å². The van der Waals surface area contributed by atoms with Crippen LogP contribution >= 0.6 is 0 Å². The second-order valence-electron chi connectivity index (χ2n) is 8.42. The van der Waals surface area contributed by atoms with E-state index in [1.807, 2.05) is 13.8 Å². The minimum atomic E-state index is -0.547. The van der Waals surface area contributed by atoms with Crippen LogP contribution in [0.4, 0.5) is 0 Å². The van der Waals surface area contributed by atoms with E-state index < -0.39 is 5.91 Å². The number of amides is 2. The Morgan fingerprint density at radius 2 is 1.81 bits per heavy atom. The lowest BCUT2D eigenvalue weighted by Gasteiger charge is -2.34. The van der Waals surface area contributed by atoms with Gasteiger partial charge in [-0.05, 0) is 52.1 Å². The van der Waals surface area contributed by atoms with Crippen LogP contribution in [0.25, 0.3) is 10.8 Å². The topological polar surface area (TPSA) is 106 Å². The van der Waals surface area contributed by atoms with E-state index in [9.17, 15) is 14.4 Å². The van der Waals surface area contributed by atoms with Crippen molar-refractivity contribution in [2.75, 3.05) is 19.8 Å². The Labute approximate surface area is 180 Å². The monoisotopic (exact) mass is 427 g/mol. The van der Waals surface area contributed by atoms with Gasteiger partial charge in [0.2, 0.25) is 0 Å². The van der Waals surface area contributed by atoms with Gasteiger partial charge in [0.15, 0.2) is 5.69 Å². The lowest BCUT2D eigenvalue weighted by atomic mass is 10.1. The van der Waals surface area contributed by atoms with Gasteiger partial charge in [-0.2, -0.15) is 5.10 Å². The summed E-state index contributed by atoms with van der Waals surface area (Å²) < 4.78 is 6.73. The maximum atomic E-state index is 12.9. The Bertz CT molecular complexity index is 1030. The molecule has 0 bridgehead atoms. The molecule has 0 aliphatic carbocycles. The highest BCUT2D eigenvalue weighted by molar-refractivity contribution is 6.05. The van der Waals surface area contributed by atoms with Crippen LogP contribution in [0.5, 0.6) is 0 Å². The lowest BCUT2D eigenvalue weighted by molar-refractivity contribution is -0.127. The smallest absolute Gasteiger partial charge is 0.290 e. The molecule has 2 aromatic rings. The number of nitrogens with one attached hydrogen (secondary N) is 2. The number of hydrogen-bond donors (Lipinski definition) is 2. The van der Waals surface area contributed by atoms with Crippen LogP contribution in [0.1, 0.15) is 56.1 Å². The van der Waals surface area contributed by atoms with Crippen molar-refractivity contribution in [3.63, 3.8) is 0 Å². The third kappa shape index (κ3) is 4.33. The molecular formula is C22H29N5O4. The highest BCUT2D eigenvalue weighted by Gasteiger charge is 2.36. The molecule has 0 unspecified atom stereocenters. The molecule has 9 heteroatoms. The summed E-state index contributed by atoms with van der Waals surface area (Å²) in [6.07, 6.45) is 3.55. The predicted molar refractivity (Wildman–Crippen MR) is 116 cm³/mol. The van der Waals surface area contributed by atoms with Gasteiger partial charge in [0.1, 0.15) is 0 Å². The van der Waals surface area contributed by atoms with E-state index in [0.717, 1.165) is 45.4 Å². The van der Waals surface area contributed by atoms with Gasteiger partial charge < -0.3 is 4.74 Å². The van der Waals surface area contributed by atoms with Gasteiger partial charge in [0, 0.05) is 24.6 Å². The molecule has 2 amide bonds. The second-order valence-corrected chi connectivity index (χ2v) is 8.42. The molecule has 9 nitrogen and oxygen atoms in total. The Morgan fingerprint density at radius 3 is 2.52 bits per heavy atom. The van der Waals surface area contributed by atoms with E-state index in [4.69, 9.17) is 4.74 Å². The molecule has 2 saturated heterocycles. The zero-order chi connectivity index (χ0) is 22.0. The van der Waals surface area contributed by atoms with Crippen molar-refractivity contribution in [2.45, 2.75) is 57.7 Å². The quantitative estimate of drug-likeness (QED) is 0.715. The van der Waals surface area contributed by atoms with Crippen molar-refractivity contribution >= 4 is 22.6 Å². The van der Waals surface area contributed by atoms with Crippen molar-refractivity contribution in [2.24, 2.45) is 0 Å². The number of fused-ring (bicyclic) bond motifs is 1. The minimum Gasteiger partial charge on any atom is -0.381 e. The van der Waals surface area contributed by atoms with Crippen LogP contribution in [0.3, 0.4) is 0 Å². The van der Waals surface area contributed by atoms with Crippen LogP contribution in [0.2, 0.25) is 0 Å². The normalized spacial score (nSPS) is 20.3. The first-order chi connectivity index (χ1) is 15.0. The summed E-state index contributed by atoms with van der Waals surface area (Å²) in [4.78, 5) is 40.7. The maximum Gasteiger partial charge on any atom is 0.290 e. The second kappa shape index (κ2) is 9.15. The number of carbonyl (C=O) groups is 2. The van der Waals surface area contributed by atoms with Crippen molar-refractivity contribution in [1.29, 1.82) is 0 Å². The Balaban J connectivity index is 1.50. The molecule has 0 radical (unpaired) electrons. The molecule has 166 valence electrons. The number of ether oxygens (including phenoxy) is 1. The number of hydrazine groups is 1. The fourth-order valence-electron chi connectivity index (χ4n) is 4.51. The number of rotatable bonds is 4. The largest absolute Gasteiger partial charge is 0.381 e. The summed E-state index contributed by atoms with van der Waals surface area (Å²) in [5, 5.41) is 5.16. The van der Waals surface area contributed by atoms with E-state index in [2.05, 4.69) is 20.9 Å². The summed E-state index contributed by atoms with van der Waals surface area (Å²) in [7, 11) is 0. The average Bonchev–Trinajstić information content (AvgIpc) is 3.28. The number of benzene rings is 1. The number of aromatic nitrogens is 2. The lowest BCUT2D eigenvalue weighted by Crippen LogP contribution is -2.53. The zero-order valence-corrected chi connectivity index (χ0v) is 18.0. The minimum absolute atomic E-state index is 0.108. The number of carbonyl (C=O) groups excluding carboxylic acids is 2. The van der Waals surface area contributed by atoms with Crippen molar-refractivity contribution in [3.8, 4) is 0 Å². The Morgan fingerprint density at radius 1 is 1.10 bits per heavy atom. The molecule has 31 heavy (non-hydrogen) atoms. The first-order valence-electron chi connectivity index (χ1n) is 10.9. The first-order valence-corrected chi connectivity index (χ1v) is 10.9. The Kier molecular flexibility index (Phi) is 6.33. The highest BCUT2D eigenvalue weighted by Crippen LogP contribution is 2.25. The van der Waals surface area contributed by atoms with Crippen molar-refractivity contribution in [3.05, 3.63) is 40.3 Å². The van der Waals surface area contributed by atoms with E-state index in [-0.39, 0.29) is 29.2 Å². The van der Waals surface area contributed by atoms with Gasteiger partial charge in [0.05, 0.1) is 17.5 Å². The number of nitrogens with zero attached hydrogens (tertiary/aromatic N) is 3. The van der Waals surface area contributed by atoms with E-state index in [1.54, 1.807) is 24.3 Å². The van der Waals surface area contributed by atoms with Crippen LogP contribution in [0.15, 0.2) is 29.1 Å². The van der Waals surface area contributed by atoms with Gasteiger partial charge >= 0.3 is 0 Å². The van der Waals surface area contributed by atoms with E-state index in [0.29, 0.717) is 16.8 Å². The molecule has 3 heterocycles. The summed E-state index contributed by atoms with van der Waals surface area (Å²) in [6, 6.07) is 6.74. The summed E-state index contributed by atoms with van der Waals surface area (Å²) in [5.74, 6) is -0.770. The van der Waals surface area contributed by atoms with Crippen LogP contribution < -0.4 is 16.4 Å². The molecule has 2 aliphatic rings. The number of hydrogen-bond acceptors (Lipinski definition) is 6. The maximum absolute atomic E-state index is 12.9. The standard InChI is InChI=1S/C22H29N5O4/c1-14(2)27-22(30)17-7-4-3-6-16(17)19(25-27)21(29)24-23-20(28)18-8-5-11-26(18)15-9-12-31-13-10-15/h3-4,6-7,14-15,18H,5,8-13H2,1-2H3,(H,23,28)(H,24,29)/t18-/m1/s1. The van der Waals surface area contributed by atoms with Gasteiger partial charge in [-0.3, -0.25) is 30.1 Å². The molecule has 1 atom stereocenters. The zero-order valence-electron chi connectivity index (χ0n) is 18.0. The molecular weight excluding hydrogens is 398 g/mol. The molecule has 1 aromatic carbocycles. The van der Waals surface area contributed by atoms with Crippen LogP contribution in [-0.4, -0.2) is 58.3 Å². The molecule has 2 fully saturated rings. The van der Waals surface area contributed by atoms with E-state index >= 15 is 0 Å². The SMILES string of the molecule is CC(C)n1nc(C(=O)NNC(=O)[C@H]2CCCN2C2CCOCC2)c2ccccc2c1=O. The van der Waals surface area contributed by atoms with Crippen molar-refractivity contribution < 1.29 is 14.3 Å². The highest BCUT2D eigenvalue weighted by atomic mass is 16.5. The van der Waals surface area contributed by atoms with Crippen LogP contribution in [-0.2, 0) is 9.53 Å². The molecule has 0 spiro atoms. The predicted octanol–water partition coefficient (Wildman–Crippen LogP) is 1.38. The molecule has 2 aliphatic heterocycles. The third-order valence-electron chi connectivity index (χ3n) is 6.09. The summed E-state index contributed by atoms with van der Waals surface area (Å²) >= 11 is 0. The number of likely N-dealkylation sites (tertiary alicyclic amines) is 1. The van der Waals surface area contributed by atoms with Gasteiger partial charge in [-0.15, -0.1) is 0 Å². The fourth-order valence-corrected chi connectivity index (χ4v) is 4.51. The average molecular weight is 428 g/mol. The molecule has 2 N–H and O–H groups in total. The van der Waals surface area contributed by atoms with Crippen LogP contribution in [0, 0.1) is 0 Å². The fraction of sp³-hybridized carbons (Fsp3) is 0.545. The third-order valence-corrected chi connectivity index (χ3v) is 6.09. The Hall–Kier alpha value is -2.78. The van der Waals surface area contributed by atoms with Gasteiger partial charge in [-0.25, -0.2) is 4.68 Å². The summed E-state index contributed by atoms with van der Waals surface area (Å²) in [6.45, 7) is 5.98. The van der Waals surface area contributed by atoms with Gasteiger partial charge in [0.25, 0.3) is 17.4 Å². The van der Waals surface area contributed by atoms with Gasteiger partial charge in [-0.1, -0.05) is 18.2 Å². The van der Waals surface area contributed by atoms with E-state index in [1.165, 1.54) is 4.68 Å². The first kappa shape index (κ1) is 21.5. The molecule has 4 rings (SSSR count).